The van der Waals surface area contributed by atoms with Crippen molar-refractivity contribution in [3.8, 4) is 11.1 Å². The fourth-order valence-corrected chi connectivity index (χ4v) is 4.64. The maximum Gasteiger partial charge on any atom is 0.340 e. The van der Waals surface area contributed by atoms with E-state index >= 15 is 0 Å². The molecule has 0 spiro atoms. The molecule has 2 aromatic heterocycles. The number of furan rings is 1. The van der Waals surface area contributed by atoms with Crippen LogP contribution in [0, 0.1) is 12.7 Å². The lowest BCUT2D eigenvalue weighted by Gasteiger charge is -2.17. The molecule has 4 rings (SSSR count). The Morgan fingerprint density at radius 2 is 1.77 bits per heavy atom. The van der Waals surface area contributed by atoms with Crippen molar-refractivity contribution in [3.05, 3.63) is 70.0 Å². The largest absolute Gasteiger partial charge is 0.481 e. The number of aliphatic carboxylic acids is 1. The number of carbonyl (C=O) groups excluding carboxylic acids is 2. The molecule has 1 unspecified atom stereocenters. The van der Waals surface area contributed by atoms with Gasteiger partial charge in [-0.1, -0.05) is 25.5 Å². The first kappa shape index (κ1) is 28.5. The molecular weight excluding hydrogens is 519 g/mol. The maximum atomic E-state index is 13.4. The van der Waals surface area contributed by atoms with Crippen LogP contribution in [0.2, 0.25) is 0 Å². The molecule has 4 aromatic rings. The number of carboxylic acid groups (broad SMARTS) is 1. The van der Waals surface area contributed by atoms with Gasteiger partial charge in [-0.25, -0.2) is 9.18 Å². The third kappa shape index (κ3) is 6.56. The molecule has 40 heavy (non-hydrogen) atoms. The Hall–Kier alpha value is -4.47. The van der Waals surface area contributed by atoms with E-state index in [9.17, 15) is 23.6 Å². The van der Waals surface area contributed by atoms with Gasteiger partial charge in [-0.15, -0.1) is 0 Å². The van der Waals surface area contributed by atoms with Crippen LogP contribution in [0.15, 0.2) is 56.3 Å². The van der Waals surface area contributed by atoms with E-state index in [0.717, 1.165) is 16.5 Å². The Balaban J connectivity index is 1.48. The van der Waals surface area contributed by atoms with Crippen LogP contribution in [-0.2, 0) is 20.8 Å². The van der Waals surface area contributed by atoms with E-state index in [-0.39, 0.29) is 30.1 Å². The summed E-state index contributed by atoms with van der Waals surface area (Å²) in [4.78, 5) is 48.8. The highest BCUT2D eigenvalue weighted by Gasteiger charge is 2.22. The number of rotatable bonds is 12. The van der Waals surface area contributed by atoms with Gasteiger partial charge in [0.05, 0.1) is 18.2 Å². The van der Waals surface area contributed by atoms with Gasteiger partial charge in [0.1, 0.15) is 23.0 Å². The van der Waals surface area contributed by atoms with E-state index in [1.54, 1.807) is 38.3 Å². The van der Waals surface area contributed by atoms with Crippen LogP contribution in [0.1, 0.15) is 50.2 Å². The summed E-state index contributed by atoms with van der Waals surface area (Å²) in [6.07, 6.45) is 3.57. The lowest BCUT2D eigenvalue weighted by molar-refractivity contribution is -0.137. The van der Waals surface area contributed by atoms with Gasteiger partial charge < -0.3 is 24.6 Å². The van der Waals surface area contributed by atoms with Crippen molar-refractivity contribution in [1.29, 1.82) is 0 Å². The third-order valence-electron chi connectivity index (χ3n) is 6.90. The number of fused-ring (bicyclic) bond motifs is 2. The fourth-order valence-electron chi connectivity index (χ4n) is 4.64. The normalized spacial score (nSPS) is 12.0. The second-order valence-electron chi connectivity index (χ2n) is 9.69. The lowest BCUT2D eigenvalue weighted by atomic mass is 9.99. The molecule has 2 heterocycles. The van der Waals surface area contributed by atoms with Crippen molar-refractivity contribution in [1.82, 2.24) is 10.6 Å². The molecule has 0 fully saturated rings. The van der Waals surface area contributed by atoms with Crippen molar-refractivity contribution in [2.24, 2.45) is 0 Å². The first-order valence-corrected chi connectivity index (χ1v) is 13.2. The summed E-state index contributed by atoms with van der Waals surface area (Å²) in [6.45, 7) is 3.88. The van der Waals surface area contributed by atoms with E-state index < -0.39 is 23.5 Å². The molecule has 9 nitrogen and oxygen atoms in total. The van der Waals surface area contributed by atoms with E-state index in [0.29, 0.717) is 54.3 Å². The first-order chi connectivity index (χ1) is 19.2. The number of unbranched alkanes of at least 4 members (excludes halogenated alkanes) is 2. The zero-order chi connectivity index (χ0) is 28.8. The van der Waals surface area contributed by atoms with Crippen LogP contribution in [0.5, 0.6) is 0 Å². The first-order valence-electron chi connectivity index (χ1n) is 13.2. The number of hydrogen-bond donors (Lipinski definition) is 3. The zero-order valence-electron chi connectivity index (χ0n) is 22.3. The average Bonchev–Trinajstić information content (AvgIpc) is 3.33. The van der Waals surface area contributed by atoms with Crippen molar-refractivity contribution in [2.75, 3.05) is 6.54 Å². The minimum absolute atomic E-state index is 0.0894. The lowest BCUT2D eigenvalue weighted by Crippen LogP contribution is -2.47. The van der Waals surface area contributed by atoms with Gasteiger partial charge in [0.25, 0.3) is 0 Å². The summed E-state index contributed by atoms with van der Waals surface area (Å²) >= 11 is 0. The molecule has 0 aliphatic carbocycles. The predicted octanol–water partition coefficient (Wildman–Crippen LogP) is 4.85. The second kappa shape index (κ2) is 12.6. The molecule has 1 atom stereocenters. The van der Waals surface area contributed by atoms with Gasteiger partial charge in [0.15, 0.2) is 0 Å². The van der Waals surface area contributed by atoms with Crippen molar-refractivity contribution >= 4 is 39.7 Å². The molecule has 210 valence electrons. The smallest absolute Gasteiger partial charge is 0.340 e. The summed E-state index contributed by atoms with van der Waals surface area (Å²) < 4.78 is 24.6. The van der Waals surface area contributed by atoms with Crippen LogP contribution >= 0.6 is 0 Å². The maximum absolute atomic E-state index is 13.4. The predicted molar refractivity (Wildman–Crippen MR) is 147 cm³/mol. The van der Waals surface area contributed by atoms with Crippen LogP contribution in [0.3, 0.4) is 0 Å². The number of nitrogens with one attached hydrogen (secondary N) is 2. The molecule has 10 heteroatoms. The standard InChI is InChI=1S/C30H31FN2O7/c1-3-24(29(37)32-12-6-4-5-7-28(35)36)33-27(34)14-21-17(2)20-13-22-23(18-8-10-19(31)11-9-18)16-39-25(22)15-26(20)40-30(21)38/h8-11,13,15-16,24H,3-7,12,14H2,1-2H3,(H,32,37)(H,33,34)(H,35,36). The Bertz CT molecular complexity index is 1600. The van der Waals surface area contributed by atoms with Crippen LogP contribution in [-0.4, -0.2) is 35.5 Å². The summed E-state index contributed by atoms with van der Waals surface area (Å²) in [5, 5.41) is 15.5. The van der Waals surface area contributed by atoms with Gasteiger partial charge in [0, 0.05) is 35.4 Å². The van der Waals surface area contributed by atoms with Gasteiger partial charge >= 0.3 is 11.6 Å². The molecule has 0 saturated carbocycles. The Morgan fingerprint density at radius 1 is 1.02 bits per heavy atom. The molecule has 0 aliphatic heterocycles. The highest BCUT2D eigenvalue weighted by molar-refractivity contribution is 6.02. The molecule has 2 amide bonds. The molecule has 2 aromatic carbocycles. The van der Waals surface area contributed by atoms with Crippen LogP contribution in [0.4, 0.5) is 4.39 Å². The van der Waals surface area contributed by atoms with E-state index in [1.807, 2.05) is 6.07 Å². The summed E-state index contributed by atoms with van der Waals surface area (Å²) in [5.41, 5.74) is 2.44. The number of carbonyl (C=O) groups is 3. The van der Waals surface area contributed by atoms with Crippen molar-refractivity contribution < 1.29 is 32.7 Å². The average molecular weight is 551 g/mol. The number of carboxylic acids is 1. The number of hydrogen-bond acceptors (Lipinski definition) is 6. The van der Waals surface area contributed by atoms with E-state index in [4.69, 9.17) is 13.9 Å². The second-order valence-corrected chi connectivity index (χ2v) is 9.69. The molecular formula is C30H31FN2O7. The molecule has 3 N–H and O–H groups in total. The van der Waals surface area contributed by atoms with Gasteiger partial charge in [-0.2, -0.15) is 0 Å². The number of halogens is 1. The summed E-state index contributed by atoms with van der Waals surface area (Å²) in [6, 6.07) is 8.70. The summed E-state index contributed by atoms with van der Waals surface area (Å²) in [7, 11) is 0. The monoisotopic (exact) mass is 550 g/mol. The molecule has 0 saturated heterocycles. The SMILES string of the molecule is CCC(NC(=O)Cc1c(C)c2cc3c(-c4ccc(F)cc4)coc3cc2oc1=O)C(=O)NCCCCCC(=O)O. The quantitative estimate of drug-likeness (QED) is 0.169. The van der Waals surface area contributed by atoms with Crippen LogP contribution in [0.25, 0.3) is 33.1 Å². The minimum Gasteiger partial charge on any atom is -0.481 e. The highest BCUT2D eigenvalue weighted by atomic mass is 19.1. The molecule has 0 aliphatic rings. The molecule has 0 bridgehead atoms. The Morgan fingerprint density at radius 3 is 2.48 bits per heavy atom. The Kier molecular flexibility index (Phi) is 8.98. The number of benzene rings is 2. The number of aryl methyl sites for hydroxylation is 1. The highest BCUT2D eigenvalue weighted by Crippen LogP contribution is 2.34. The van der Waals surface area contributed by atoms with Gasteiger partial charge in [-0.3, -0.25) is 14.4 Å². The van der Waals surface area contributed by atoms with Crippen molar-refractivity contribution in [3.63, 3.8) is 0 Å². The van der Waals surface area contributed by atoms with Crippen LogP contribution < -0.4 is 16.3 Å². The topological polar surface area (TPSA) is 139 Å². The van der Waals surface area contributed by atoms with Crippen molar-refractivity contribution in [2.45, 2.75) is 58.4 Å². The van der Waals surface area contributed by atoms with Gasteiger partial charge in [0.2, 0.25) is 11.8 Å². The molecule has 0 radical (unpaired) electrons. The zero-order valence-corrected chi connectivity index (χ0v) is 22.3. The summed E-state index contributed by atoms with van der Waals surface area (Å²) in [5.74, 6) is -2.03. The number of amides is 2. The van der Waals surface area contributed by atoms with E-state index in [2.05, 4.69) is 10.6 Å². The Labute approximate surface area is 229 Å². The third-order valence-corrected chi connectivity index (χ3v) is 6.90. The van der Waals surface area contributed by atoms with E-state index in [1.165, 1.54) is 12.1 Å². The minimum atomic E-state index is -0.849. The van der Waals surface area contributed by atoms with Gasteiger partial charge in [-0.05, 0) is 55.5 Å². The fraction of sp³-hybridized carbons (Fsp3) is 0.333.